The number of fused-ring (bicyclic) bond motifs is 7. The highest BCUT2D eigenvalue weighted by Crippen LogP contribution is 2.52. The first-order chi connectivity index (χ1) is 28.0. The van der Waals surface area contributed by atoms with Crippen LogP contribution < -0.4 is 0 Å². The Bertz CT molecular complexity index is 3190. The van der Waals surface area contributed by atoms with Gasteiger partial charge in [-0.3, -0.25) is 0 Å². The fourth-order valence-corrected chi connectivity index (χ4v) is 9.20. The van der Waals surface area contributed by atoms with Gasteiger partial charge in [0, 0.05) is 22.1 Å². The topological polar surface area (TPSA) is 25.8 Å². The van der Waals surface area contributed by atoms with Gasteiger partial charge < -0.3 is 0 Å². The molecular formula is C55H38N2. The summed E-state index contributed by atoms with van der Waals surface area (Å²) in [6.07, 6.45) is 0. The van der Waals surface area contributed by atoms with Crippen LogP contribution in [-0.2, 0) is 5.41 Å². The smallest absolute Gasteiger partial charge is 0.161 e. The summed E-state index contributed by atoms with van der Waals surface area (Å²) < 4.78 is 0. The Balaban J connectivity index is 1.00. The highest BCUT2D eigenvalue weighted by atomic mass is 14.9. The van der Waals surface area contributed by atoms with Crippen LogP contribution in [0.1, 0.15) is 25.0 Å². The van der Waals surface area contributed by atoms with Gasteiger partial charge in [-0.1, -0.05) is 190 Å². The van der Waals surface area contributed by atoms with E-state index in [0.717, 1.165) is 33.5 Å². The minimum atomic E-state index is -0.0459. The Morgan fingerprint density at radius 1 is 0.333 bits per heavy atom. The van der Waals surface area contributed by atoms with Crippen LogP contribution in [0.3, 0.4) is 0 Å². The zero-order valence-corrected chi connectivity index (χ0v) is 31.9. The van der Waals surface area contributed by atoms with Crippen molar-refractivity contribution in [2.24, 2.45) is 0 Å². The lowest BCUT2D eigenvalue weighted by atomic mass is 9.82. The van der Waals surface area contributed by atoms with Crippen LogP contribution in [0.4, 0.5) is 0 Å². The summed E-state index contributed by atoms with van der Waals surface area (Å²) in [7, 11) is 0. The van der Waals surface area contributed by atoms with Crippen molar-refractivity contribution in [2.45, 2.75) is 19.3 Å². The number of hydrogen-bond donors (Lipinski definition) is 0. The van der Waals surface area contributed by atoms with E-state index >= 15 is 0 Å². The number of rotatable bonds is 5. The minimum absolute atomic E-state index is 0.0459. The second kappa shape index (κ2) is 13.0. The molecule has 2 heteroatoms. The van der Waals surface area contributed by atoms with Crippen molar-refractivity contribution in [3.8, 4) is 67.3 Å². The first-order valence-corrected chi connectivity index (χ1v) is 19.7. The molecule has 268 valence electrons. The predicted octanol–water partition coefficient (Wildman–Crippen LogP) is 14.6. The Morgan fingerprint density at radius 2 is 0.912 bits per heavy atom. The molecule has 1 aromatic heterocycles. The van der Waals surface area contributed by atoms with Gasteiger partial charge in [-0.05, 0) is 95.0 Å². The molecule has 1 aliphatic rings. The molecule has 0 aliphatic heterocycles. The average Bonchev–Trinajstić information content (AvgIpc) is 3.51. The summed E-state index contributed by atoms with van der Waals surface area (Å²) in [6, 6.07) is 70.1. The molecule has 0 saturated heterocycles. The molecule has 1 aliphatic carbocycles. The summed E-state index contributed by atoms with van der Waals surface area (Å²) >= 11 is 0. The highest BCUT2D eigenvalue weighted by molar-refractivity contribution is 6.06. The monoisotopic (exact) mass is 726 g/mol. The third-order valence-electron chi connectivity index (χ3n) is 12.1. The molecule has 10 aromatic rings. The van der Waals surface area contributed by atoms with E-state index in [1.165, 1.54) is 71.4 Å². The van der Waals surface area contributed by atoms with Crippen LogP contribution in [0.15, 0.2) is 194 Å². The molecule has 11 rings (SSSR count). The van der Waals surface area contributed by atoms with Crippen molar-refractivity contribution in [3.63, 3.8) is 0 Å². The standard InChI is InChI=1S/C55H38N2/c1-55(2)49-31-28-40(33-48(49)53-43-19-9-7-14-37(43)27-32-50(53)55)35-23-25-38(26-24-35)42-29-30-47(45-21-11-10-20-44(42)45)54-56-51(39-15-4-3-5-16-39)34-52(57-54)46-22-12-17-36-13-6-8-18-41(36)46/h3-34H,1-2H3. The summed E-state index contributed by atoms with van der Waals surface area (Å²) in [5.74, 6) is 0.714. The normalized spacial score (nSPS) is 12.9. The molecule has 0 bridgehead atoms. The number of aromatic nitrogens is 2. The summed E-state index contributed by atoms with van der Waals surface area (Å²) in [5, 5.41) is 7.28. The second-order valence-electron chi connectivity index (χ2n) is 15.7. The van der Waals surface area contributed by atoms with Crippen LogP contribution in [-0.4, -0.2) is 9.97 Å². The molecule has 0 fully saturated rings. The van der Waals surface area contributed by atoms with E-state index in [1.807, 2.05) is 6.07 Å². The zero-order valence-electron chi connectivity index (χ0n) is 31.9. The van der Waals surface area contributed by atoms with Crippen LogP contribution in [0.2, 0.25) is 0 Å². The van der Waals surface area contributed by atoms with Crippen molar-refractivity contribution in [1.29, 1.82) is 0 Å². The molecule has 0 atom stereocenters. The molecule has 57 heavy (non-hydrogen) atoms. The fraction of sp³-hybridized carbons (Fsp3) is 0.0545. The van der Waals surface area contributed by atoms with Crippen molar-refractivity contribution >= 4 is 32.3 Å². The molecule has 1 heterocycles. The van der Waals surface area contributed by atoms with Crippen molar-refractivity contribution in [1.82, 2.24) is 9.97 Å². The summed E-state index contributed by atoms with van der Waals surface area (Å²) in [6.45, 7) is 4.71. The van der Waals surface area contributed by atoms with E-state index in [4.69, 9.17) is 9.97 Å². The number of nitrogens with zero attached hydrogens (tertiary/aromatic N) is 2. The van der Waals surface area contributed by atoms with Crippen molar-refractivity contribution in [2.75, 3.05) is 0 Å². The Kier molecular flexibility index (Phi) is 7.55. The van der Waals surface area contributed by atoms with E-state index in [-0.39, 0.29) is 5.41 Å². The molecule has 0 amide bonds. The molecular weight excluding hydrogens is 689 g/mol. The molecule has 0 spiro atoms. The third-order valence-corrected chi connectivity index (χ3v) is 12.1. The molecule has 2 nitrogen and oxygen atoms in total. The van der Waals surface area contributed by atoms with E-state index in [0.29, 0.717) is 5.82 Å². The quantitative estimate of drug-likeness (QED) is 0.176. The molecule has 9 aromatic carbocycles. The van der Waals surface area contributed by atoms with Crippen LogP contribution in [0.5, 0.6) is 0 Å². The Hall–Kier alpha value is -7.16. The van der Waals surface area contributed by atoms with Crippen LogP contribution in [0, 0.1) is 0 Å². The molecule has 0 N–H and O–H groups in total. The van der Waals surface area contributed by atoms with Crippen LogP contribution in [0.25, 0.3) is 99.6 Å². The Morgan fingerprint density at radius 3 is 1.70 bits per heavy atom. The van der Waals surface area contributed by atoms with Gasteiger partial charge in [0.1, 0.15) is 0 Å². The van der Waals surface area contributed by atoms with Crippen molar-refractivity contribution in [3.05, 3.63) is 205 Å². The lowest BCUT2D eigenvalue weighted by Crippen LogP contribution is -2.14. The minimum Gasteiger partial charge on any atom is -0.228 e. The first kappa shape index (κ1) is 33.2. The first-order valence-electron chi connectivity index (χ1n) is 19.7. The van der Waals surface area contributed by atoms with Gasteiger partial charge in [0.2, 0.25) is 0 Å². The van der Waals surface area contributed by atoms with Gasteiger partial charge in [-0.25, -0.2) is 9.97 Å². The highest BCUT2D eigenvalue weighted by Gasteiger charge is 2.36. The van der Waals surface area contributed by atoms with E-state index in [1.54, 1.807) is 0 Å². The third kappa shape index (κ3) is 5.40. The lowest BCUT2D eigenvalue weighted by Gasteiger charge is -2.21. The zero-order chi connectivity index (χ0) is 38.1. The predicted molar refractivity (Wildman–Crippen MR) is 239 cm³/mol. The van der Waals surface area contributed by atoms with Gasteiger partial charge in [-0.15, -0.1) is 0 Å². The second-order valence-corrected chi connectivity index (χ2v) is 15.7. The van der Waals surface area contributed by atoms with E-state index in [9.17, 15) is 0 Å². The van der Waals surface area contributed by atoms with Crippen LogP contribution >= 0.6 is 0 Å². The lowest BCUT2D eigenvalue weighted by molar-refractivity contribution is 0.661. The Labute approximate surface area is 332 Å². The van der Waals surface area contributed by atoms with E-state index in [2.05, 4.69) is 202 Å². The number of hydrogen-bond acceptors (Lipinski definition) is 2. The molecule has 0 saturated carbocycles. The van der Waals surface area contributed by atoms with Gasteiger partial charge >= 0.3 is 0 Å². The largest absolute Gasteiger partial charge is 0.228 e. The maximum absolute atomic E-state index is 5.30. The van der Waals surface area contributed by atoms with Crippen molar-refractivity contribution < 1.29 is 0 Å². The van der Waals surface area contributed by atoms with E-state index < -0.39 is 0 Å². The maximum Gasteiger partial charge on any atom is 0.161 e. The van der Waals surface area contributed by atoms with Gasteiger partial charge in [-0.2, -0.15) is 0 Å². The van der Waals surface area contributed by atoms with Gasteiger partial charge in [0.25, 0.3) is 0 Å². The van der Waals surface area contributed by atoms with Gasteiger partial charge in [0.15, 0.2) is 5.82 Å². The van der Waals surface area contributed by atoms with Gasteiger partial charge in [0.05, 0.1) is 11.4 Å². The fourth-order valence-electron chi connectivity index (χ4n) is 9.20. The summed E-state index contributed by atoms with van der Waals surface area (Å²) in [5.41, 5.74) is 15.3. The SMILES string of the molecule is CC1(C)c2ccc(-c3ccc(-c4ccc(-c5nc(-c6ccccc6)cc(-c6cccc7ccccc67)n5)c5ccccc45)cc3)cc2-c2c1ccc1ccccc21. The summed E-state index contributed by atoms with van der Waals surface area (Å²) in [4.78, 5) is 10.5. The maximum atomic E-state index is 5.30. The number of benzene rings is 9. The molecule has 0 radical (unpaired) electrons. The average molecular weight is 727 g/mol. The molecule has 0 unspecified atom stereocenters.